The van der Waals surface area contributed by atoms with E-state index in [9.17, 15) is 9.18 Å². The lowest BCUT2D eigenvalue weighted by Crippen LogP contribution is -2.13. The van der Waals surface area contributed by atoms with Gasteiger partial charge in [-0.05, 0) is 30.2 Å². The van der Waals surface area contributed by atoms with Crippen molar-refractivity contribution in [3.05, 3.63) is 29.6 Å². The van der Waals surface area contributed by atoms with Crippen molar-refractivity contribution in [1.82, 2.24) is 0 Å². The normalized spacial score (nSPS) is 12.3. The lowest BCUT2D eigenvalue weighted by atomic mass is 10.0. The van der Waals surface area contributed by atoms with E-state index >= 15 is 0 Å². The second-order valence-electron chi connectivity index (χ2n) is 3.98. The predicted octanol–water partition coefficient (Wildman–Crippen LogP) is 2.27. The first-order valence-corrected chi connectivity index (χ1v) is 4.95. The molecule has 0 fully saturated rings. The first-order valence-electron chi connectivity index (χ1n) is 4.95. The summed E-state index contributed by atoms with van der Waals surface area (Å²) in [6, 6.07) is 4.67. The van der Waals surface area contributed by atoms with Crippen LogP contribution in [0.1, 0.15) is 12.5 Å². The Morgan fingerprint density at radius 1 is 1.47 bits per heavy atom. The molecular weight excluding hydrogens is 193 g/mol. The number of hydrogen-bond acceptors (Lipinski definition) is 2. The number of carbonyl (C=O) groups is 1. The summed E-state index contributed by atoms with van der Waals surface area (Å²) < 4.78 is 13.1. The highest BCUT2D eigenvalue weighted by Crippen LogP contribution is 2.22. The van der Waals surface area contributed by atoms with Crippen molar-refractivity contribution in [2.75, 3.05) is 19.0 Å². The number of carbonyl (C=O) groups excluding carboxylic acids is 1. The van der Waals surface area contributed by atoms with Crippen LogP contribution in [0.25, 0.3) is 0 Å². The molecule has 1 unspecified atom stereocenters. The van der Waals surface area contributed by atoms with Gasteiger partial charge in [-0.15, -0.1) is 0 Å². The van der Waals surface area contributed by atoms with Gasteiger partial charge in [0.25, 0.3) is 0 Å². The second-order valence-corrected chi connectivity index (χ2v) is 3.98. The Morgan fingerprint density at radius 2 is 2.13 bits per heavy atom. The van der Waals surface area contributed by atoms with Crippen LogP contribution >= 0.6 is 0 Å². The van der Waals surface area contributed by atoms with Crippen LogP contribution in [0.3, 0.4) is 0 Å². The van der Waals surface area contributed by atoms with Gasteiger partial charge in [0.2, 0.25) is 0 Å². The number of aldehydes is 1. The van der Waals surface area contributed by atoms with Crippen molar-refractivity contribution < 1.29 is 9.18 Å². The van der Waals surface area contributed by atoms with E-state index in [0.717, 1.165) is 17.5 Å². The van der Waals surface area contributed by atoms with E-state index < -0.39 is 0 Å². The standard InChI is InChI=1S/C12H16FNO/c1-9(8-15)6-10-7-11(13)4-5-12(10)14(2)3/h4-5,7-9H,6H2,1-3H3. The lowest BCUT2D eigenvalue weighted by Gasteiger charge is -2.18. The molecule has 0 aromatic heterocycles. The van der Waals surface area contributed by atoms with Gasteiger partial charge in [-0.25, -0.2) is 4.39 Å². The summed E-state index contributed by atoms with van der Waals surface area (Å²) in [5.41, 5.74) is 1.84. The molecule has 0 N–H and O–H groups in total. The minimum atomic E-state index is -0.256. The molecule has 0 saturated heterocycles. The third kappa shape index (κ3) is 3.05. The van der Waals surface area contributed by atoms with E-state index in [0.29, 0.717) is 6.42 Å². The number of benzene rings is 1. The Balaban J connectivity index is 3.01. The summed E-state index contributed by atoms with van der Waals surface area (Å²) in [6.07, 6.45) is 1.47. The van der Waals surface area contributed by atoms with Crippen molar-refractivity contribution in [2.45, 2.75) is 13.3 Å². The van der Waals surface area contributed by atoms with Gasteiger partial charge in [-0.2, -0.15) is 0 Å². The number of rotatable bonds is 4. The fourth-order valence-electron chi connectivity index (χ4n) is 1.55. The van der Waals surface area contributed by atoms with E-state index in [2.05, 4.69) is 0 Å². The van der Waals surface area contributed by atoms with Crippen molar-refractivity contribution in [3.63, 3.8) is 0 Å². The highest BCUT2D eigenvalue weighted by atomic mass is 19.1. The Hall–Kier alpha value is -1.38. The molecular formula is C12H16FNO. The van der Waals surface area contributed by atoms with E-state index in [4.69, 9.17) is 0 Å². The molecule has 0 radical (unpaired) electrons. The molecule has 2 nitrogen and oxygen atoms in total. The summed E-state index contributed by atoms with van der Waals surface area (Å²) in [6.45, 7) is 1.83. The largest absolute Gasteiger partial charge is 0.377 e. The van der Waals surface area contributed by atoms with Gasteiger partial charge in [0.05, 0.1) is 0 Å². The summed E-state index contributed by atoms with van der Waals surface area (Å²) >= 11 is 0. The first kappa shape index (κ1) is 11.7. The van der Waals surface area contributed by atoms with Crippen LogP contribution < -0.4 is 4.90 Å². The van der Waals surface area contributed by atoms with E-state index in [-0.39, 0.29) is 11.7 Å². The SMILES string of the molecule is CC(C=O)Cc1cc(F)ccc1N(C)C. The summed E-state index contributed by atoms with van der Waals surface area (Å²) in [5.74, 6) is -0.334. The molecule has 1 aromatic rings. The number of hydrogen-bond donors (Lipinski definition) is 0. The third-order valence-electron chi connectivity index (χ3n) is 2.30. The lowest BCUT2D eigenvalue weighted by molar-refractivity contribution is -0.110. The van der Waals surface area contributed by atoms with Gasteiger partial charge in [0.1, 0.15) is 12.1 Å². The van der Waals surface area contributed by atoms with Crippen LogP contribution in [0.4, 0.5) is 10.1 Å². The second kappa shape index (κ2) is 4.91. The monoisotopic (exact) mass is 209 g/mol. The zero-order chi connectivity index (χ0) is 11.4. The molecule has 0 bridgehead atoms. The Labute approximate surface area is 89.7 Å². The molecule has 0 aliphatic carbocycles. The Kier molecular flexibility index (Phi) is 3.83. The Bertz CT molecular complexity index is 349. The minimum Gasteiger partial charge on any atom is -0.377 e. The van der Waals surface area contributed by atoms with Crippen LogP contribution in [0, 0.1) is 11.7 Å². The zero-order valence-corrected chi connectivity index (χ0v) is 9.33. The Morgan fingerprint density at radius 3 is 2.67 bits per heavy atom. The first-order chi connectivity index (χ1) is 7.04. The van der Waals surface area contributed by atoms with Crippen molar-refractivity contribution in [2.24, 2.45) is 5.92 Å². The fourth-order valence-corrected chi connectivity index (χ4v) is 1.55. The average Bonchev–Trinajstić information content (AvgIpc) is 2.17. The predicted molar refractivity (Wildman–Crippen MR) is 59.7 cm³/mol. The quantitative estimate of drug-likeness (QED) is 0.709. The topological polar surface area (TPSA) is 20.3 Å². The maximum atomic E-state index is 13.1. The number of halogens is 1. The molecule has 0 amide bonds. The summed E-state index contributed by atoms with van der Waals surface area (Å²) in [5, 5.41) is 0. The van der Waals surface area contributed by atoms with Crippen LogP contribution in [-0.4, -0.2) is 20.4 Å². The third-order valence-corrected chi connectivity index (χ3v) is 2.30. The molecule has 1 aromatic carbocycles. The zero-order valence-electron chi connectivity index (χ0n) is 9.33. The van der Waals surface area contributed by atoms with Gasteiger partial charge in [-0.3, -0.25) is 0 Å². The summed E-state index contributed by atoms with van der Waals surface area (Å²) in [7, 11) is 3.81. The maximum absolute atomic E-state index is 13.1. The van der Waals surface area contributed by atoms with Crippen LogP contribution in [0.15, 0.2) is 18.2 Å². The van der Waals surface area contributed by atoms with Crippen molar-refractivity contribution in [3.8, 4) is 0 Å². The fraction of sp³-hybridized carbons (Fsp3) is 0.417. The number of nitrogens with zero attached hydrogens (tertiary/aromatic N) is 1. The van der Waals surface area contributed by atoms with Gasteiger partial charge >= 0.3 is 0 Å². The molecule has 0 spiro atoms. The molecule has 1 rings (SSSR count). The average molecular weight is 209 g/mol. The molecule has 0 heterocycles. The van der Waals surface area contributed by atoms with E-state index in [1.54, 1.807) is 6.07 Å². The van der Waals surface area contributed by atoms with Gasteiger partial charge < -0.3 is 9.69 Å². The van der Waals surface area contributed by atoms with Crippen LogP contribution in [0.5, 0.6) is 0 Å². The summed E-state index contributed by atoms with van der Waals surface area (Å²) in [4.78, 5) is 12.5. The highest BCUT2D eigenvalue weighted by Gasteiger charge is 2.09. The van der Waals surface area contributed by atoms with Crippen LogP contribution in [0.2, 0.25) is 0 Å². The van der Waals surface area contributed by atoms with Gasteiger partial charge in [0, 0.05) is 25.7 Å². The molecule has 0 aliphatic heterocycles. The number of anilines is 1. The van der Waals surface area contributed by atoms with Crippen molar-refractivity contribution in [1.29, 1.82) is 0 Å². The molecule has 3 heteroatoms. The molecule has 15 heavy (non-hydrogen) atoms. The van der Waals surface area contributed by atoms with Crippen LogP contribution in [-0.2, 0) is 11.2 Å². The molecule has 0 saturated carbocycles. The smallest absolute Gasteiger partial charge is 0.123 e. The maximum Gasteiger partial charge on any atom is 0.123 e. The minimum absolute atomic E-state index is 0.0782. The van der Waals surface area contributed by atoms with Gasteiger partial charge in [-0.1, -0.05) is 6.92 Å². The van der Waals surface area contributed by atoms with E-state index in [1.807, 2.05) is 25.9 Å². The molecule has 82 valence electrons. The van der Waals surface area contributed by atoms with E-state index in [1.165, 1.54) is 12.1 Å². The highest BCUT2D eigenvalue weighted by molar-refractivity contribution is 5.58. The molecule has 0 aliphatic rings. The van der Waals surface area contributed by atoms with Crippen molar-refractivity contribution >= 4 is 12.0 Å². The molecule has 1 atom stereocenters. The van der Waals surface area contributed by atoms with Gasteiger partial charge in [0.15, 0.2) is 0 Å².